The number of halogens is 3. The summed E-state index contributed by atoms with van der Waals surface area (Å²) in [4.78, 5) is 0. The minimum absolute atomic E-state index is 0.300. The monoisotopic (exact) mass is 227 g/mol. The van der Waals surface area contributed by atoms with Crippen molar-refractivity contribution in [3.05, 3.63) is 0 Å². The average Bonchev–Trinajstić information content (AvgIpc) is 2.18. The lowest BCUT2D eigenvalue weighted by Crippen LogP contribution is -2.35. The molecule has 1 atom stereocenters. The molecule has 0 aromatic rings. The van der Waals surface area contributed by atoms with Crippen LogP contribution in [0.2, 0.25) is 0 Å². The van der Waals surface area contributed by atoms with Crippen molar-refractivity contribution in [2.75, 3.05) is 26.3 Å². The molecular weight excluding hydrogens is 211 g/mol. The molecule has 1 rings (SSSR count). The highest BCUT2D eigenvalue weighted by Crippen LogP contribution is 2.20. The molecule has 0 radical (unpaired) electrons. The third-order valence-corrected chi connectivity index (χ3v) is 2.47. The normalized spacial score (nSPS) is 21.6. The maximum atomic E-state index is 11.9. The quantitative estimate of drug-likeness (QED) is 0.750. The van der Waals surface area contributed by atoms with E-state index in [1.54, 1.807) is 0 Å². The highest BCUT2D eigenvalue weighted by Gasteiger charge is 2.38. The van der Waals surface area contributed by atoms with E-state index in [9.17, 15) is 13.2 Å². The summed E-state index contributed by atoms with van der Waals surface area (Å²) in [6.07, 6.45) is -5.10. The van der Waals surface area contributed by atoms with Crippen LogP contribution < -0.4 is 5.32 Å². The van der Waals surface area contributed by atoms with Gasteiger partial charge in [0.1, 0.15) is 0 Å². The van der Waals surface area contributed by atoms with E-state index in [4.69, 9.17) is 9.84 Å². The molecule has 0 aromatic heterocycles. The Kier molecular flexibility index (Phi) is 4.82. The standard InChI is InChI=1S/C9H16F3NO2/c10-9(11,12)8(14)6-15-5-7-1-3-13-4-2-7/h7-8,13-14H,1-6H2. The molecule has 0 amide bonds. The van der Waals surface area contributed by atoms with E-state index in [1.165, 1.54) is 0 Å². The van der Waals surface area contributed by atoms with Crippen LogP contribution >= 0.6 is 0 Å². The zero-order valence-electron chi connectivity index (χ0n) is 8.39. The van der Waals surface area contributed by atoms with Crippen molar-refractivity contribution < 1.29 is 23.0 Å². The second-order valence-electron chi connectivity index (χ2n) is 3.79. The molecule has 6 heteroatoms. The summed E-state index contributed by atoms with van der Waals surface area (Å²) in [6.45, 7) is 1.41. The van der Waals surface area contributed by atoms with Crippen LogP contribution in [0, 0.1) is 5.92 Å². The van der Waals surface area contributed by atoms with Crippen molar-refractivity contribution in [1.29, 1.82) is 0 Å². The van der Waals surface area contributed by atoms with Gasteiger partial charge in [-0.05, 0) is 31.8 Å². The van der Waals surface area contributed by atoms with Crippen LogP contribution in [-0.4, -0.2) is 43.7 Å². The van der Waals surface area contributed by atoms with Crippen molar-refractivity contribution >= 4 is 0 Å². The molecule has 1 aliphatic heterocycles. The summed E-state index contributed by atoms with van der Waals surface area (Å²) in [5.41, 5.74) is 0. The fourth-order valence-electron chi connectivity index (χ4n) is 1.49. The highest BCUT2D eigenvalue weighted by molar-refractivity contribution is 4.69. The van der Waals surface area contributed by atoms with Crippen molar-refractivity contribution in [2.24, 2.45) is 5.92 Å². The molecule has 1 fully saturated rings. The number of alkyl halides is 3. The van der Waals surface area contributed by atoms with Crippen LogP contribution in [0.3, 0.4) is 0 Å². The SMILES string of the molecule is OC(COCC1CCNCC1)C(F)(F)F. The Balaban J connectivity index is 2.10. The van der Waals surface area contributed by atoms with Crippen LogP contribution in [0.15, 0.2) is 0 Å². The molecule has 0 aromatic carbocycles. The van der Waals surface area contributed by atoms with E-state index in [1.807, 2.05) is 0 Å². The smallest absolute Gasteiger partial charge is 0.382 e. The maximum Gasteiger partial charge on any atom is 0.416 e. The van der Waals surface area contributed by atoms with Gasteiger partial charge in [0.2, 0.25) is 0 Å². The largest absolute Gasteiger partial charge is 0.416 e. The topological polar surface area (TPSA) is 41.5 Å². The fraction of sp³-hybridized carbons (Fsp3) is 1.00. The Morgan fingerprint density at radius 1 is 1.33 bits per heavy atom. The number of ether oxygens (including phenoxy) is 1. The molecule has 2 N–H and O–H groups in total. The molecule has 15 heavy (non-hydrogen) atoms. The predicted octanol–water partition coefficient (Wildman–Crippen LogP) is 0.926. The fourth-order valence-corrected chi connectivity index (χ4v) is 1.49. The number of hydrogen-bond donors (Lipinski definition) is 2. The maximum absolute atomic E-state index is 11.9. The van der Waals surface area contributed by atoms with E-state index in [0.29, 0.717) is 12.5 Å². The van der Waals surface area contributed by atoms with Gasteiger partial charge in [0.15, 0.2) is 6.10 Å². The number of rotatable bonds is 4. The first kappa shape index (κ1) is 12.7. The van der Waals surface area contributed by atoms with Crippen LogP contribution in [0.25, 0.3) is 0 Å². The number of aliphatic hydroxyl groups is 1. The van der Waals surface area contributed by atoms with Crippen molar-refractivity contribution in [1.82, 2.24) is 5.32 Å². The third kappa shape index (κ3) is 4.81. The Hall–Kier alpha value is -0.330. The van der Waals surface area contributed by atoms with Gasteiger partial charge in [-0.2, -0.15) is 13.2 Å². The first-order valence-corrected chi connectivity index (χ1v) is 5.03. The lowest BCUT2D eigenvalue weighted by atomic mass is 9.99. The van der Waals surface area contributed by atoms with Gasteiger partial charge < -0.3 is 15.2 Å². The van der Waals surface area contributed by atoms with Gasteiger partial charge in [-0.3, -0.25) is 0 Å². The van der Waals surface area contributed by atoms with Gasteiger partial charge >= 0.3 is 6.18 Å². The second-order valence-corrected chi connectivity index (χ2v) is 3.79. The van der Waals surface area contributed by atoms with E-state index in [-0.39, 0.29) is 0 Å². The van der Waals surface area contributed by atoms with E-state index < -0.39 is 18.9 Å². The molecule has 1 aliphatic rings. The lowest BCUT2D eigenvalue weighted by Gasteiger charge is -2.23. The van der Waals surface area contributed by atoms with Gasteiger partial charge in [0.25, 0.3) is 0 Å². The summed E-state index contributed by atoms with van der Waals surface area (Å²) in [6, 6.07) is 0. The minimum atomic E-state index is -4.58. The number of piperidine rings is 1. The number of aliphatic hydroxyl groups excluding tert-OH is 1. The van der Waals surface area contributed by atoms with E-state index in [0.717, 1.165) is 25.9 Å². The van der Waals surface area contributed by atoms with Crippen LogP contribution in [0.1, 0.15) is 12.8 Å². The molecule has 0 spiro atoms. The summed E-state index contributed by atoms with van der Waals surface area (Å²) < 4.78 is 40.5. The molecule has 1 heterocycles. The molecule has 1 saturated heterocycles. The predicted molar refractivity (Wildman–Crippen MR) is 48.5 cm³/mol. The van der Waals surface area contributed by atoms with Gasteiger partial charge in [-0.1, -0.05) is 0 Å². The third-order valence-electron chi connectivity index (χ3n) is 2.47. The molecule has 0 aliphatic carbocycles. The van der Waals surface area contributed by atoms with Crippen LogP contribution in [-0.2, 0) is 4.74 Å². The number of hydrogen-bond acceptors (Lipinski definition) is 3. The molecule has 90 valence electrons. The lowest BCUT2D eigenvalue weighted by molar-refractivity contribution is -0.218. The van der Waals surface area contributed by atoms with Gasteiger partial charge in [0, 0.05) is 6.61 Å². The first-order valence-electron chi connectivity index (χ1n) is 5.03. The van der Waals surface area contributed by atoms with Crippen molar-refractivity contribution in [3.8, 4) is 0 Å². The molecule has 1 unspecified atom stereocenters. The van der Waals surface area contributed by atoms with Gasteiger partial charge in [0.05, 0.1) is 6.61 Å². The van der Waals surface area contributed by atoms with E-state index >= 15 is 0 Å². The van der Waals surface area contributed by atoms with Gasteiger partial charge in [-0.25, -0.2) is 0 Å². The Morgan fingerprint density at radius 2 is 1.93 bits per heavy atom. The molecule has 3 nitrogen and oxygen atoms in total. The Labute approximate surface area is 86.6 Å². The minimum Gasteiger partial charge on any atom is -0.382 e. The molecule has 0 bridgehead atoms. The summed E-state index contributed by atoms with van der Waals surface area (Å²) in [5.74, 6) is 0.312. The zero-order valence-corrected chi connectivity index (χ0v) is 8.39. The Bertz CT molecular complexity index is 181. The summed E-state index contributed by atoms with van der Waals surface area (Å²) in [7, 11) is 0. The summed E-state index contributed by atoms with van der Waals surface area (Å²) >= 11 is 0. The van der Waals surface area contributed by atoms with Crippen molar-refractivity contribution in [3.63, 3.8) is 0 Å². The highest BCUT2D eigenvalue weighted by atomic mass is 19.4. The van der Waals surface area contributed by atoms with Crippen LogP contribution in [0.5, 0.6) is 0 Å². The molecular formula is C9H16F3NO2. The Morgan fingerprint density at radius 3 is 2.47 bits per heavy atom. The van der Waals surface area contributed by atoms with Crippen LogP contribution in [0.4, 0.5) is 13.2 Å². The first-order chi connectivity index (χ1) is 7.00. The average molecular weight is 227 g/mol. The summed E-state index contributed by atoms with van der Waals surface area (Å²) in [5, 5.41) is 11.8. The van der Waals surface area contributed by atoms with Gasteiger partial charge in [-0.15, -0.1) is 0 Å². The zero-order chi connectivity index (χ0) is 11.3. The van der Waals surface area contributed by atoms with Crippen molar-refractivity contribution in [2.45, 2.75) is 25.1 Å². The van der Waals surface area contributed by atoms with E-state index in [2.05, 4.69) is 5.32 Å². The molecule has 0 saturated carbocycles. The second kappa shape index (κ2) is 5.67. The number of nitrogens with one attached hydrogen (secondary N) is 1.